The van der Waals surface area contributed by atoms with E-state index in [0.717, 1.165) is 69.9 Å². The number of amides is 1. The van der Waals surface area contributed by atoms with Crippen molar-refractivity contribution in [2.75, 3.05) is 31.1 Å². The van der Waals surface area contributed by atoms with Gasteiger partial charge in [0.2, 0.25) is 11.9 Å². The molecule has 0 saturated carbocycles. The first-order chi connectivity index (χ1) is 17.0. The van der Waals surface area contributed by atoms with E-state index in [1.54, 1.807) is 6.92 Å². The number of anilines is 1. The fourth-order valence-corrected chi connectivity index (χ4v) is 4.70. The van der Waals surface area contributed by atoms with Gasteiger partial charge in [0.25, 0.3) is 0 Å². The molecule has 2 aliphatic rings. The lowest BCUT2D eigenvalue weighted by atomic mass is 9.86. The number of aromatic nitrogens is 2. The molecule has 2 atom stereocenters. The summed E-state index contributed by atoms with van der Waals surface area (Å²) in [6, 6.07) is 8.34. The lowest BCUT2D eigenvalue weighted by molar-refractivity contribution is -0.125. The number of piperidine rings is 1. The molecule has 35 heavy (non-hydrogen) atoms. The first-order valence-corrected chi connectivity index (χ1v) is 13.0. The molecule has 2 aromatic rings. The highest BCUT2D eigenvalue weighted by atomic mass is 16.5. The minimum atomic E-state index is -0.514. The number of rotatable bonds is 9. The number of carbonyl (C=O) groups is 1. The Balaban J connectivity index is 1.20. The van der Waals surface area contributed by atoms with Crippen LogP contribution in [0.25, 0.3) is 5.57 Å². The molecule has 4 rings (SSSR count). The molecule has 2 heterocycles. The molecule has 1 aliphatic heterocycles. The van der Waals surface area contributed by atoms with Crippen molar-refractivity contribution >= 4 is 17.4 Å². The monoisotopic (exact) mass is 478 g/mol. The predicted molar refractivity (Wildman–Crippen MR) is 138 cm³/mol. The maximum Gasteiger partial charge on any atom is 0.225 e. The van der Waals surface area contributed by atoms with E-state index in [4.69, 9.17) is 4.74 Å². The summed E-state index contributed by atoms with van der Waals surface area (Å²) in [4.78, 5) is 23.5. The van der Waals surface area contributed by atoms with Crippen molar-refractivity contribution < 1.29 is 14.6 Å². The highest BCUT2D eigenvalue weighted by Gasteiger charge is 2.23. The number of nitrogens with zero attached hydrogens (tertiary/aromatic N) is 3. The third kappa shape index (κ3) is 7.04. The van der Waals surface area contributed by atoms with E-state index < -0.39 is 6.10 Å². The van der Waals surface area contributed by atoms with Gasteiger partial charge in [0.15, 0.2) is 0 Å². The maximum atomic E-state index is 12.2. The summed E-state index contributed by atoms with van der Waals surface area (Å²) in [5.74, 6) is 2.31. The maximum absolute atomic E-state index is 12.2. The van der Waals surface area contributed by atoms with Crippen molar-refractivity contribution in [3.63, 3.8) is 0 Å². The van der Waals surface area contributed by atoms with Crippen molar-refractivity contribution in [1.82, 2.24) is 15.3 Å². The number of hydrogen-bond acceptors (Lipinski definition) is 6. The molecule has 0 spiro atoms. The number of aliphatic hydroxyl groups is 1. The van der Waals surface area contributed by atoms with E-state index in [-0.39, 0.29) is 11.8 Å². The smallest absolute Gasteiger partial charge is 0.225 e. The average molecular weight is 479 g/mol. The van der Waals surface area contributed by atoms with Crippen LogP contribution in [0.15, 0.2) is 42.7 Å². The summed E-state index contributed by atoms with van der Waals surface area (Å²) in [7, 11) is 0. The van der Waals surface area contributed by atoms with Crippen LogP contribution in [0, 0.1) is 11.8 Å². The number of hydrogen-bond donors (Lipinski definition) is 2. The molecular weight excluding hydrogens is 440 g/mol. The average Bonchev–Trinajstić information content (AvgIpc) is 2.91. The van der Waals surface area contributed by atoms with E-state index in [9.17, 15) is 9.90 Å². The van der Waals surface area contributed by atoms with Crippen LogP contribution in [0.2, 0.25) is 0 Å². The van der Waals surface area contributed by atoms with Crippen LogP contribution >= 0.6 is 0 Å². The molecular formula is C28H38N4O3. The minimum absolute atomic E-state index is 0.00575. The zero-order chi connectivity index (χ0) is 24.6. The van der Waals surface area contributed by atoms with Gasteiger partial charge in [-0.15, -0.1) is 0 Å². The lowest BCUT2D eigenvalue weighted by Crippen LogP contribution is -2.36. The van der Waals surface area contributed by atoms with Crippen molar-refractivity contribution in [3.05, 3.63) is 53.9 Å². The first-order valence-electron chi connectivity index (χ1n) is 13.0. The summed E-state index contributed by atoms with van der Waals surface area (Å²) >= 11 is 0. The largest absolute Gasteiger partial charge is 0.493 e. The number of ether oxygens (including phenoxy) is 1. The zero-order valence-corrected chi connectivity index (χ0v) is 20.9. The second kappa shape index (κ2) is 12.2. The fraction of sp³-hybridized carbons (Fsp3) is 0.536. The zero-order valence-electron chi connectivity index (χ0n) is 20.9. The molecule has 1 aliphatic carbocycles. The highest BCUT2D eigenvalue weighted by Crippen LogP contribution is 2.31. The van der Waals surface area contributed by atoms with E-state index in [0.29, 0.717) is 12.5 Å². The molecule has 1 saturated heterocycles. The Morgan fingerprint density at radius 1 is 1.17 bits per heavy atom. The van der Waals surface area contributed by atoms with Crippen molar-refractivity contribution in [2.24, 2.45) is 11.8 Å². The van der Waals surface area contributed by atoms with Crippen molar-refractivity contribution in [1.29, 1.82) is 0 Å². The van der Waals surface area contributed by atoms with Crippen LogP contribution in [-0.4, -0.2) is 53.3 Å². The van der Waals surface area contributed by atoms with Crippen LogP contribution in [0.5, 0.6) is 5.75 Å². The Morgan fingerprint density at radius 3 is 2.49 bits per heavy atom. The van der Waals surface area contributed by atoms with Gasteiger partial charge in [0.1, 0.15) is 5.75 Å². The van der Waals surface area contributed by atoms with Gasteiger partial charge in [0.05, 0.1) is 12.7 Å². The number of aryl methyl sites for hydroxylation is 1. The molecule has 188 valence electrons. The third-order valence-electron chi connectivity index (χ3n) is 7.06. The Hall–Kier alpha value is -2.93. The number of nitrogens with one attached hydrogen (secondary N) is 1. The number of benzene rings is 1. The topological polar surface area (TPSA) is 87.6 Å². The normalized spacial score (nSPS) is 19.7. The van der Waals surface area contributed by atoms with E-state index in [2.05, 4.69) is 57.4 Å². The molecule has 7 nitrogen and oxygen atoms in total. The Kier molecular flexibility index (Phi) is 8.74. The van der Waals surface area contributed by atoms with Gasteiger partial charge in [0, 0.05) is 37.9 Å². The van der Waals surface area contributed by atoms with Crippen molar-refractivity contribution in [2.45, 2.75) is 58.5 Å². The number of aliphatic hydroxyl groups excluding tert-OH is 1. The van der Waals surface area contributed by atoms with Gasteiger partial charge in [-0.3, -0.25) is 4.79 Å². The Labute approximate surface area is 208 Å². The molecule has 1 aromatic carbocycles. The number of allylic oxidation sites excluding steroid dienone is 2. The molecule has 2 N–H and O–H groups in total. The molecule has 0 radical (unpaired) electrons. The van der Waals surface area contributed by atoms with Gasteiger partial charge in [-0.25, -0.2) is 9.97 Å². The molecule has 1 fully saturated rings. The molecule has 7 heteroatoms. The van der Waals surface area contributed by atoms with Crippen LogP contribution in [0.4, 0.5) is 5.95 Å². The highest BCUT2D eigenvalue weighted by molar-refractivity contribution is 5.80. The molecule has 1 amide bonds. The second-order valence-corrected chi connectivity index (χ2v) is 9.81. The van der Waals surface area contributed by atoms with E-state index in [1.807, 2.05) is 12.4 Å². The molecule has 1 aromatic heterocycles. The van der Waals surface area contributed by atoms with Crippen LogP contribution < -0.4 is 15.0 Å². The van der Waals surface area contributed by atoms with Gasteiger partial charge in [-0.2, -0.15) is 0 Å². The standard InChI is InChI=1S/C28H38N4O3/c1-3-21-17-30-28(31-18-21)32-14-12-22(13-15-32)19-35-26-10-8-24(9-11-26)23-4-6-25(7-5-23)27(34)29-16-20(2)33/h4,8-11,17-18,20,22,25,33H,3,5-7,12-16,19H2,1-2H3,(H,29,34)/t20?,25-/m0/s1. The summed E-state index contributed by atoms with van der Waals surface area (Å²) in [6.07, 6.45) is 11.1. The van der Waals surface area contributed by atoms with Crippen molar-refractivity contribution in [3.8, 4) is 5.75 Å². The summed E-state index contributed by atoms with van der Waals surface area (Å²) < 4.78 is 6.11. The summed E-state index contributed by atoms with van der Waals surface area (Å²) in [5, 5.41) is 12.2. The van der Waals surface area contributed by atoms with Gasteiger partial charge in [-0.05, 0) is 80.2 Å². The van der Waals surface area contributed by atoms with Crippen LogP contribution in [0.1, 0.15) is 57.1 Å². The number of carbonyl (C=O) groups excluding carboxylic acids is 1. The quantitative estimate of drug-likeness (QED) is 0.566. The minimum Gasteiger partial charge on any atom is -0.493 e. The Bertz CT molecular complexity index is 980. The SMILES string of the molecule is CCc1cnc(N2CCC(COc3ccc(C4=CC[C@H](C(=O)NCC(C)O)CC4)cc3)CC2)nc1. The Morgan fingerprint density at radius 2 is 1.89 bits per heavy atom. The molecule has 0 bridgehead atoms. The lowest BCUT2D eigenvalue weighted by Gasteiger charge is -2.31. The second-order valence-electron chi connectivity index (χ2n) is 9.81. The third-order valence-corrected chi connectivity index (χ3v) is 7.06. The van der Waals surface area contributed by atoms with Gasteiger partial charge in [-0.1, -0.05) is 25.1 Å². The summed E-state index contributed by atoms with van der Waals surface area (Å²) in [6.45, 7) is 6.76. The fourth-order valence-electron chi connectivity index (χ4n) is 4.70. The van der Waals surface area contributed by atoms with Crippen LogP contribution in [0.3, 0.4) is 0 Å². The predicted octanol–water partition coefficient (Wildman–Crippen LogP) is 4.01. The van der Waals surface area contributed by atoms with E-state index in [1.165, 1.54) is 16.7 Å². The first kappa shape index (κ1) is 25.2. The van der Waals surface area contributed by atoms with E-state index >= 15 is 0 Å². The van der Waals surface area contributed by atoms with Gasteiger partial charge >= 0.3 is 0 Å². The van der Waals surface area contributed by atoms with Crippen LogP contribution in [-0.2, 0) is 11.2 Å². The summed E-state index contributed by atoms with van der Waals surface area (Å²) in [5.41, 5.74) is 3.66. The molecule has 1 unspecified atom stereocenters. The van der Waals surface area contributed by atoms with Gasteiger partial charge < -0.3 is 20.1 Å².